The molecule has 1 aliphatic heterocycles. The predicted molar refractivity (Wildman–Crippen MR) is 127 cm³/mol. The average molecular weight is 614 g/mol. The van der Waals surface area contributed by atoms with Crippen LogP contribution >= 0.6 is 0 Å². The largest absolute Gasteiger partial charge is 0.453 e. The van der Waals surface area contributed by atoms with Crippen LogP contribution in [0.1, 0.15) is 78.2 Å². The van der Waals surface area contributed by atoms with Gasteiger partial charge in [-0.05, 0) is 67.2 Å². The Morgan fingerprint density at radius 3 is 2.12 bits per heavy atom. The number of hydrogen-bond acceptors (Lipinski definition) is 4. The highest BCUT2D eigenvalue weighted by atomic mass is 19.4. The van der Waals surface area contributed by atoms with Gasteiger partial charge in [0.1, 0.15) is 0 Å². The molecule has 41 heavy (non-hydrogen) atoms. The van der Waals surface area contributed by atoms with Crippen molar-refractivity contribution in [1.82, 2.24) is 4.90 Å². The molecule has 15 heteroatoms. The number of benzene rings is 2. The second-order valence-electron chi connectivity index (χ2n) is 8.43. The minimum absolute atomic E-state index is 0.0338. The molecule has 2 unspecified atom stereocenters. The Balaban J connectivity index is 2.46. The minimum atomic E-state index is -5.49. The van der Waals surface area contributed by atoms with Crippen molar-refractivity contribution in [1.29, 1.82) is 0 Å². The molecule has 0 aromatic heterocycles. The van der Waals surface area contributed by atoms with Crippen molar-refractivity contribution in [2.24, 2.45) is 0 Å². The van der Waals surface area contributed by atoms with E-state index in [0.717, 1.165) is 0 Å². The monoisotopic (exact) mass is 613 g/mol. The summed E-state index contributed by atoms with van der Waals surface area (Å²) in [5.41, 5.74) is -8.76. The molecular weight excluding hydrogens is 575 g/mol. The maximum Gasteiger partial charge on any atom is 0.416 e. The van der Waals surface area contributed by atoms with Gasteiger partial charge in [0.05, 0.1) is 48.9 Å². The van der Waals surface area contributed by atoms with Gasteiger partial charge in [-0.1, -0.05) is 6.85 Å². The number of fused-ring (bicyclic) bond motifs is 1. The predicted octanol–water partition coefficient (Wildman–Crippen LogP) is 8.20. The molecule has 2 aromatic rings. The first-order chi connectivity index (χ1) is 23.9. The van der Waals surface area contributed by atoms with E-state index < -0.39 is 123 Å². The lowest BCUT2D eigenvalue weighted by Crippen LogP contribution is -2.48. The summed E-state index contributed by atoms with van der Waals surface area (Å²) in [7, 11) is -3.75. The highest BCUT2D eigenvalue weighted by Gasteiger charge is 2.43. The number of carbonyl (C=O) groups excluding carboxylic acids is 2. The molecule has 0 fully saturated rings. The number of nitrogens with zero attached hydrogens (tertiary/aromatic N) is 2. The number of alkyl halides is 9. The van der Waals surface area contributed by atoms with Crippen molar-refractivity contribution < 1.29 is 76.4 Å². The number of hydrogen-bond donors (Lipinski definition) is 0. The van der Waals surface area contributed by atoms with E-state index in [9.17, 15) is 49.1 Å². The molecule has 3 rings (SSSR count). The van der Waals surface area contributed by atoms with Crippen LogP contribution in [0.2, 0.25) is 0 Å². The first-order valence-corrected chi connectivity index (χ1v) is 10.9. The zero-order chi connectivity index (χ0) is 42.0. The van der Waals surface area contributed by atoms with E-state index in [4.69, 9.17) is 17.8 Å². The fourth-order valence-corrected chi connectivity index (χ4v) is 4.23. The molecule has 6 nitrogen and oxygen atoms in total. The van der Waals surface area contributed by atoms with Crippen molar-refractivity contribution in [3.63, 3.8) is 0 Å². The third kappa shape index (κ3) is 6.99. The van der Waals surface area contributed by atoms with E-state index in [1.807, 2.05) is 0 Å². The van der Waals surface area contributed by atoms with Gasteiger partial charge in [0.2, 0.25) is 0 Å². The summed E-state index contributed by atoms with van der Waals surface area (Å²) in [6.07, 6.45) is -25.9. The van der Waals surface area contributed by atoms with E-state index in [-0.39, 0.29) is 40.1 Å². The number of methoxy groups -OCH3 is 1. The van der Waals surface area contributed by atoms with Crippen LogP contribution < -0.4 is 4.90 Å². The standard InChI is InChI=1S/C26H25F9N2O4/c1-4-18-12-21(19-11-15(24(27,28)29)6-7-20(19)37(18)23(39)41-5-2)36(22(38)40-3)13-14-8-16(25(30,31)32)10-17(9-14)26(33,34)35/h6-11,18,21H,4-5,12-13H2,1-3H3/i1D3,2D3,3D3,4D2,5D2. The van der Waals surface area contributed by atoms with Gasteiger partial charge in [-0.15, -0.1) is 0 Å². The Morgan fingerprint density at radius 1 is 0.951 bits per heavy atom. The van der Waals surface area contributed by atoms with Gasteiger partial charge in [0, 0.05) is 23.6 Å². The molecule has 0 bridgehead atoms. The molecule has 1 aliphatic rings. The smallest absolute Gasteiger partial charge is 0.416 e. The van der Waals surface area contributed by atoms with Crippen LogP contribution in [-0.2, 0) is 34.5 Å². The lowest BCUT2D eigenvalue weighted by Gasteiger charge is -2.43. The number of carbonyl (C=O) groups is 2. The second kappa shape index (κ2) is 11.7. The molecule has 0 N–H and O–H groups in total. The molecule has 0 aliphatic carbocycles. The molecule has 2 amide bonds. The average Bonchev–Trinajstić information content (AvgIpc) is 2.95. The maximum absolute atomic E-state index is 14.0. The molecule has 1 heterocycles. The topological polar surface area (TPSA) is 59.1 Å². The number of anilines is 1. The van der Waals surface area contributed by atoms with Gasteiger partial charge < -0.3 is 9.47 Å². The Hall–Kier alpha value is -3.65. The van der Waals surface area contributed by atoms with Gasteiger partial charge in [0.25, 0.3) is 0 Å². The Bertz CT molecular complexity index is 1710. The van der Waals surface area contributed by atoms with Gasteiger partial charge in [-0.3, -0.25) is 9.80 Å². The summed E-state index contributed by atoms with van der Waals surface area (Å²) in [5.74, 6) is 0. The van der Waals surface area contributed by atoms with Crippen molar-refractivity contribution in [2.45, 2.75) is 63.7 Å². The van der Waals surface area contributed by atoms with Crippen LogP contribution in [0.5, 0.6) is 0 Å². The van der Waals surface area contributed by atoms with Crippen LogP contribution in [0.15, 0.2) is 36.4 Å². The van der Waals surface area contributed by atoms with Crippen molar-refractivity contribution >= 4 is 17.9 Å². The van der Waals surface area contributed by atoms with Crippen molar-refractivity contribution in [2.75, 3.05) is 18.5 Å². The van der Waals surface area contributed by atoms with Crippen LogP contribution in [0.3, 0.4) is 0 Å². The van der Waals surface area contributed by atoms with Gasteiger partial charge >= 0.3 is 30.7 Å². The molecule has 226 valence electrons. The fraction of sp³-hybridized carbons (Fsp3) is 0.462. The Morgan fingerprint density at radius 2 is 1.59 bits per heavy atom. The van der Waals surface area contributed by atoms with Crippen LogP contribution in [0.4, 0.5) is 54.8 Å². The Kier molecular flexibility index (Phi) is 5.13. The van der Waals surface area contributed by atoms with Gasteiger partial charge in [0.15, 0.2) is 0 Å². The van der Waals surface area contributed by atoms with Crippen LogP contribution in [0, 0.1) is 0 Å². The first kappa shape index (κ1) is 18.0. The summed E-state index contributed by atoms with van der Waals surface area (Å²) in [4.78, 5) is 26.8. The van der Waals surface area contributed by atoms with Crippen LogP contribution in [-0.4, -0.2) is 36.7 Å². The third-order valence-corrected chi connectivity index (χ3v) is 5.93. The quantitative estimate of drug-likeness (QED) is 0.319. The van der Waals surface area contributed by atoms with E-state index in [2.05, 4.69) is 9.47 Å². The molecule has 2 aromatic carbocycles. The molecule has 0 saturated carbocycles. The number of rotatable bonds is 5. The highest BCUT2D eigenvalue weighted by molar-refractivity contribution is 5.90. The van der Waals surface area contributed by atoms with E-state index in [0.29, 0.717) is 6.07 Å². The summed E-state index contributed by atoms with van der Waals surface area (Å²) in [6, 6.07) is -4.61. The fourth-order valence-electron chi connectivity index (χ4n) is 4.23. The maximum atomic E-state index is 14.0. The van der Waals surface area contributed by atoms with E-state index in [1.54, 1.807) is 0 Å². The van der Waals surface area contributed by atoms with Crippen LogP contribution in [0.25, 0.3) is 0 Å². The van der Waals surface area contributed by atoms with Gasteiger partial charge in [-0.25, -0.2) is 9.59 Å². The van der Waals surface area contributed by atoms with Gasteiger partial charge in [-0.2, -0.15) is 39.5 Å². The SMILES string of the molecule is [2H]C([2H])([2H])OC(=O)N(Cc1cc(C(F)(F)F)cc(C(F)(F)F)c1)C1CC(C([2H])([2H])C([2H])([2H])[2H])N(C(=O)OC([2H])([2H])C([2H])([2H])[2H])c2ccc(C(F)(F)F)cc21. The minimum Gasteiger partial charge on any atom is -0.453 e. The summed E-state index contributed by atoms with van der Waals surface area (Å²) in [6.45, 7) is -13.1. The molecule has 0 radical (unpaired) electrons. The number of amides is 2. The summed E-state index contributed by atoms with van der Waals surface area (Å²) >= 11 is 0. The first-order valence-electron chi connectivity index (χ1n) is 17.4. The zero-order valence-electron chi connectivity index (χ0n) is 33.0. The number of ether oxygens (including phenoxy) is 2. The normalized spacial score (nSPS) is 23.9. The van der Waals surface area contributed by atoms with E-state index >= 15 is 0 Å². The lowest BCUT2D eigenvalue weighted by molar-refractivity contribution is -0.143. The second-order valence-corrected chi connectivity index (χ2v) is 8.43. The van der Waals surface area contributed by atoms with Crippen molar-refractivity contribution in [3.05, 3.63) is 64.2 Å². The molecule has 2 atom stereocenters. The highest BCUT2D eigenvalue weighted by Crippen LogP contribution is 2.45. The van der Waals surface area contributed by atoms with E-state index in [1.165, 1.54) is 0 Å². The van der Waals surface area contributed by atoms with Crippen molar-refractivity contribution in [3.8, 4) is 0 Å². The molecule has 0 spiro atoms. The summed E-state index contributed by atoms with van der Waals surface area (Å²) in [5, 5.41) is 0. The summed E-state index contributed by atoms with van der Waals surface area (Å²) < 4.78 is 232. The third-order valence-electron chi connectivity index (χ3n) is 5.93. The lowest BCUT2D eigenvalue weighted by atomic mass is 9.87. The zero-order valence-corrected chi connectivity index (χ0v) is 20.0. The molecule has 0 saturated heterocycles. The number of halogens is 9. The molecular formula is C26H25F9N2O4. The Labute approximate surface area is 246 Å².